The fourth-order valence-corrected chi connectivity index (χ4v) is 2.94. The van der Waals surface area contributed by atoms with Crippen LogP contribution < -0.4 is 0 Å². The second kappa shape index (κ2) is 7.79. The minimum absolute atomic E-state index is 0.0964. The van der Waals surface area contributed by atoms with Gasteiger partial charge in [-0.3, -0.25) is 0 Å². The van der Waals surface area contributed by atoms with E-state index in [0.29, 0.717) is 16.7 Å². The maximum atomic E-state index is 12.7. The molecule has 0 bridgehead atoms. The molecule has 0 atom stereocenters. The molecule has 0 spiro atoms. The highest BCUT2D eigenvalue weighted by Crippen LogP contribution is 2.31. The zero-order chi connectivity index (χ0) is 20.2. The quantitative estimate of drug-likeness (QED) is 0.608. The minimum atomic E-state index is -4.47. The molecule has 27 heavy (non-hydrogen) atoms. The van der Waals surface area contributed by atoms with Gasteiger partial charge in [-0.2, -0.15) is 13.2 Å². The summed E-state index contributed by atoms with van der Waals surface area (Å²) < 4.78 is 61.4. The molecule has 8 heteroatoms. The van der Waals surface area contributed by atoms with Crippen LogP contribution in [0.5, 0.6) is 0 Å². The number of rotatable bonds is 5. The van der Waals surface area contributed by atoms with E-state index < -0.39 is 27.5 Å². The smallest absolute Gasteiger partial charge is 0.416 e. The molecule has 0 aliphatic rings. The summed E-state index contributed by atoms with van der Waals surface area (Å²) in [6.45, 7) is 0. The van der Waals surface area contributed by atoms with E-state index in [0.717, 1.165) is 24.5 Å². The normalized spacial score (nSPS) is 13.1. The maximum Gasteiger partial charge on any atom is 0.416 e. The largest absolute Gasteiger partial charge is 0.478 e. The van der Waals surface area contributed by atoms with Crippen molar-refractivity contribution in [3.63, 3.8) is 0 Å². The fraction of sp³-hybridized carbons (Fsp3) is 0.105. The minimum Gasteiger partial charge on any atom is -0.478 e. The first kappa shape index (κ1) is 20.4. The van der Waals surface area contributed by atoms with Gasteiger partial charge in [-0.1, -0.05) is 36.4 Å². The molecule has 0 aromatic heterocycles. The Labute approximate surface area is 154 Å². The van der Waals surface area contributed by atoms with Gasteiger partial charge in [0.2, 0.25) is 0 Å². The summed E-state index contributed by atoms with van der Waals surface area (Å²) in [5.41, 5.74) is 0.586. The predicted molar refractivity (Wildman–Crippen MR) is 94.9 cm³/mol. The number of alkyl halides is 3. The maximum absolute atomic E-state index is 12.7. The average molecular weight is 396 g/mol. The van der Waals surface area contributed by atoms with Gasteiger partial charge in [-0.05, 0) is 41.0 Å². The van der Waals surface area contributed by atoms with Gasteiger partial charge >= 0.3 is 12.1 Å². The van der Waals surface area contributed by atoms with Crippen LogP contribution in [0.1, 0.15) is 16.7 Å². The molecule has 0 radical (unpaired) electrons. The van der Waals surface area contributed by atoms with E-state index in [9.17, 15) is 26.4 Å². The summed E-state index contributed by atoms with van der Waals surface area (Å²) in [5.74, 6) is -1.18. The third kappa shape index (κ3) is 5.55. The van der Waals surface area contributed by atoms with Crippen molar-refractivity contribution in [1.82, 2.24) is 0 Å². The number of aliphatic carboxylic acids is 1. The number of carbonyl (C=O) groups is 1. The molecule has 1 N–H and O–H groups in total. The molecule has 0 unspecified atom stereocenters. The average Bonchev–Trinajstić information content (AvgIpc) is 2.57. The highest BCUT2D eigenvalue weighted by molar-refractivity contribution is 7.90. The standard InChI is InChI=1S/C19H15F3O4S/c1-27(25,26)16-11-7-14(8-12-16)17(3-2-4-18(23)24)13-5-9-15(10-6-13)19(20,21)22/h2-12H,1H3,(H,23,24)/b4-2+,17-3+. The summed E-state index contributed by atoms with van der Waals surface area (Å²) in [7, 11) is -3.40. The Kier molecular flexibility index (Phi) is 5.90. The van der Waals surface area contributed by atoms with Crippen LogP contribution in [0.4, 0.5) is 13.2 Å². The second-order valence-electron chi connectivity index (χ2n) is 5.65. The van der Waals surface area contributed by atoms with E-state index in [1.807, 2.05) is 0 Å². The SMILES string of the molecule is CS(=O)(=O)c1ccc(/C(=C/C=C/C(=O)O)c2ccc(C(F)(F)F)cc2)cc1. The predicted octanol–water partition coefficient (Wildman–Crippen LogP) is 4.18. The third-order valence-electron chi connectivity index (χ3n) is 3.62. The van der Waals surface area contributed by atoms with Crippen molar-refractivity contribution < 1.29 is 31.5 Å². The Hall–Kier alpha value is -2.87. The molecule has 0 saturated heterocycles. The van der Waals surface area contributed by atoms with Crippen LogP contribution in [0.15, 0.2) is 71.7 Å². The van der Waals surface area contributed by atoms with E-state index in [-0.39, 0.29) is 4.90 Å². The van der Waals surface area contributed by atoms with Gasteiger partial charge in [0.15, 0.2) is 9.84 Å². The first-order chi connectivity index (χ1) is 12.5. The molecule has 2 aromatic carbocycles. The van der Waals surface area contributed by atoms with E-state index in [2.05, 4.69) is 0 Å². The Morgan fingerprint density at radius 1 is 0.963 bits per heavy atom. The van der Waals surface area contributed by atoms with Gasteiger partial charge in [0, 0.05) is 12.3 Å². The molecule has 0 saturated carbocycles. The molecule has 2 aromatic rings. The Balaban J connectivity index is 2.50. The zero-order valence-corrected chi connectivity index (χ0v) is 14.9. The molecule has 0 amide bonds. The Morgan fingerprint density at radius 3 is 1.85 bits per heavy atom. The Bertz CT molecular complexity index is 985. The van der Waals surface area contributed by atoms with Crippen LogP contribution >= 0.6 is 0 Å². The van der Waals surface area contributed by atoms with Crippen molar-refractivity contribution in [3.05, 3.63) is 83.4 Å². The number of carboxylic acids is 1. The van der Waals surface area contributed by atoms with Crippen LogP contribution in [-0.4, -0.2) is 25.7 Å². The topological polar surface area (TPSA) is 71.4 Å². The summed E-state index contributed by atoms with van der Waals surface area (Å²) in [5, 5.41) is 8.71. The van der Waals surface area contributed by atoms with Crippen LogP contribution in [0.2, 0.25) is 0 Å². The van der Waals surface area contributed by atoms with E-state index >= 15 is 0 Å². The van der Waals surface area contributed by atoms with Gasteiger partial charge in [0.1, 0.15) is 0 Å². The lowest BCUT2D eigenvalue weighted by Crippen LogP contribution is -2.04. The number of carboxylic acid groups (broad SMARTS) is 1. The van der Waals surface area contributed by atoms with Crippen LogP contribution in [0.25, 0.3) is 5.57 Å². The number of hydrogen-bond donors (Lipinski definition) is 1. The first-order valence-corrected chi connectivity index (χ1v) is 9.47. The van der Waals surface area contributed by atoms with Gasteiger partial charge in [0.05, 0.1) is 10.5 Å². The molecular weight excluding hydrogens is 381 g/mol. The van der Waals surface area contributed by atoms with Gasteiger partial charge in [-0.15, -0.1) is 0 Å². The summed E-state index contributed by atoms with van der Waals surface area (Å²) in [6, 6.07) is 10.2. The fourth-order valence-electron chi connectivity index (χ4n) is 2.31. The Morgan fingerprint density at radius 2 is 1.44 bits per heavy atom. The first-order valence-electron chi connectivity index (χ1n) is 7.58. The summed E-state index contributed by atoms with van der Waals surface area (Å²) in [6.07, 6.45) is 0.161. The lowest BCUT2D eigenvalue weighted by molar-refractivity contribution is -0.137. The number of benzene rings is 2. The molecule has 4 nitrogen and oxygen atoms in total. The zero-order valence-electron chi connectivity index (χ0n) is 14.1. The highest BCUT2D eigenvalue weighted by Gasteiger charge is 2.30. The van der Waals surface area contributed by atoms with Crippen molar-refractivity contribution >= 4 is 21.4 Å². The third-order valence-corrected chi connectivity index (χ3v) is 4.75. The molecule has 0 aliphatic heterocycles. The van der Waals surface area contributed by atoms with E-state index in [1.54, 1.807) is 0 Å². The van der Waals surface area contributed by atoms with E-state index in [4.69, 9.17) is 5.11 Å². The lowest BCUT2D eigenvalue weighted by atomic mass is 9.96. The molecular formula is C19H15F3O4S. The second-order valence-corrected chi connectivity index (χ2v) is 7.67. The van der Waals surface area contributed by atoms with Crippen molar-refractivity contribution in [2.75, 3.05) is 6.26 Å². The van der Waals surface area contributed by atoms with Crippen molar-refractivity contribution in [1.29, 1.82) is 0 Å². The number of allylic oxidation sites excluding steroid dienone is 2. The molecule has 0 heterocycles. The molecule has 142 valence electrons. The van der Waals surface area contributed by atoms with Crippen LogP contribution in [0.3, 0.4) is 0 Å². The number of hydrogen-bond acceptors (Lipinski definition) is 3. The molecule has 0 aliphatic carbocycles. The summed E-state index contributed by atoms with van der Waals surface area (Å²) >= 11 is 0. The van der Waals surface area contributed by atoms with Crippen LogP contribution in [0, 0.1) is 0 Å². The number of sulfone groups is 1. The van der Waals surface area contributed by atoms with Crippen molar-refractivity contribution in [2.45, 2.75) is 11.1 Å². The van der Waals surface area contributed by atoms with Gasteiger partial charge in [-0.25, -0.2) is 13.2 Å². The van der Waals surface area contributed by atoms with Gasteiger partial charge in [0.25, 0.3) is 0 Å². The van der Waals surface area contributed by atoms with Crippen LogP contribution in [-0.2, 0) is 20.8 Å². The van der Waals surface area contributed by atoms with E-state index in [1.165, 1.54) is 48.6 Å². The highest BCUT2D eigenvalue weighted by atomic mass is 32.2. The molecule has 0 fully saturated rings. The van der Waals surface area contributed by atoms with Crippen molar-refractivity contribution in [3.8, 4) is 0 Å². The van der Waals surface area contributed by atoms with Crippen molar-refractivity contribution in [2.24, 2.45) is 0 Å². The van der Waals surface area contributed by atoms with Gasteiger partial charge < -0.3 is 5.11 Å². The number of halogens is 3. The molecule has 2 rings (SSSR count). The summed E-state index contributed by atoms with van der Waals surface area (Å²) in [4.78, 5) is 10.8. The lowest BCUT2D eigenvalue weighted by Gasteiger charge is -2.11. The monoisotopic (exact) mass is 396 g/mol.